The molecule has 0 bridgehead atoms. The molecule has 1 saturated carbocycles. The number of carbonyl (C=O) groups is 4. The number of hydrogen-bond acceptors (Lipinski definition) is 5. The molecule has 12 nitrogen and oxygen atoms in total. The van der Waals surface area contributed by atoms with Crippen LogP contribution in [0.1, 0.15) is 50.7 Å². The summed E-state index contributed by atoms with van der Waals surface area (Å²) in [6, 6.07) is 4.82. The van der Waals surface area contributed by atoms with Crippen molar-refractivity contribution in [3.8, 4) is 0 Å². The van der Waals surface area contributed by atoms with Gasteiger partial charge in [-0.3, -0.25) is 19.2 Å². The van der Waals surface area contributed by atoms with E-state index in [1.165, 1.54) is 0 Å². The monoisotopic (exact) mass is 536 g/mol. The lowest BCUT2D eigenvalue weighted by molar-refractivity contribution is -0.117. The minimum Gasteiger partial charge on any atom is -0.351 e. The first-order valence-corrected chi connectivity index (χ1v) is 12.9. The number of nitrogens with one attached hydrogen (secondary N) is 4. The minimum absolute atomic E-state index is 0.0301. The number of rotatable bonds is 11. The Hall–Kier alpha value is -4.32. The molecule has 1 fully saturated rings. The van der Waals surface area contributed by atoms with Crippen molar-refractivity contribution in [1.82, 2.24) is 23.9 Å². The highest BCUT2D eigenvalue weighted by atomic mass is 16.2. The first-order chi connectivity index (χ1) is 18.5. The van der Waals surface area contributed by atoms with Gasteiger partial charge in [-0.25, -0.2) is 0 Å². The fraction of sp³-hybridized carbons (Fsp3) is 0.407. The van der Waals surface area contributed by atoms with Crippen molar-refractivity contribution in [2.45, 2.75) is 19.3 Å². The molecule has 3 heterocycles. The zero-order chi connectivity index (χ0) is 28.3. The standard InChI is InChI=1S/C27H36N8O4/c1-32(2)10-6-9-28-25(37)21-11-19(15-33(21)3)30-27(39)23-13-20(16-35(23)5)31-26(38)22-12-18(14-34(22)4)29-24(36)17-7-8-17/h11-17H,6-10H2,1-5H3,(H,28,37)(H,29,36)(H,30,39)(H,31,38). The highest BCUT2D eigenvalue weighted by Crippen LogP contribution is 2.30. The van der Waals surface area contributed by atoms with E-state index < -0.39 is 0 Å². The summed E-state index contributed by atoms with van der Waals surface area (Å²) in [5.41, 5.74) is 2.63. The molecule has 0 aliphatic heterocycles. The number of hydrogen-bond donors (Lipinski definition) is 4. The summed E-state index contributed by atoms with van der Waals surface area (Å²) in [5, 5.41) is 11.4. The van der Waals surface area contributed by atoms with Crippen molar-refractivity contribution in [3.05, 3.63) is 53.9 Å². The zero-order valence-corrected chi connectivity index (χ0v) is 23.0. The molecule has 0 aromatic carbocycles. The van der Waals surface area contributed by atoms with Gasteiger partial charge in [0.25, 0.3) is 17.7 Å². The Bertz CT molecular complexity index is 1390. The summed E-state index contributed by atoms with van der Waals surface area (Å²) in [6.45, 7) is 1.43. The van der Waals surface area contributed by atoms with E-state index in [4.69, 9.17) is 0 Å². The first-order valence-electron chi connectivity index (χ1n) is 12.9. The Balaban J connectivity index is 1.36. The predicted octanol–water partition coefficient (Wildman–Crippen LogP) is 2.24. The van der Waals surface area contributed by atoms with E-state index in [1.807, 2.05) is 14.1 Å². The molecule has 0 unspecified atom stereocenters. The summed E-state index contributed by atoms with van der Waals surface area (Å²) < 4.78 is 4.91. The van der Waals surface area contributed by atoms with Crippen molar-refractivity contribution < 1.29 is 19.2 Å². The van der Waals surface area contributed by atoms with Gasteiger partial charge in [-0.1, -0.05) is 0 Å². The second-order valence-electron chi connectivity index (χ2n) is 10.3. The second kappa shape index (κ2) is 11.6. The van der Waals surface area contributed by atoms with E-state index in [2.05, 4.69) is 26.2 Å². The van der Waals surface area contributed by atoms with Gasteiger partial charge in [0.2, 0.25) is 5.91 Å². The molecule has 4 rings (SSSR count). The molecule has 3 aromatic heterocycles. The maximum absolute atomic E-state index is 13.0. The molecule has 208 valence electrons. The molecule has 0 atom stereocenters. The fourth-order valence-electron chi connectivity index (χ4n) is 4.24. The summed E-state index contributed by atoms with van der Waals surface area (Å²) in [4.78, 5) is 52.5. The van der Waals surface area contributed by atoms with Crippen LogP contribution in [-0.4, -0.2) is 69.4 Å². The number of nitrogens with zero attached hydrogens (tertiary/aromatic N) is 4. The predicted molar refractivity (Wildman–Crippen MR) is 149 cm³/mol. The number of carbonyl (C=O) groups excluding carboxylic acids is 4. The Morgan fingerprint density at radius 2 is 1.18 bits per heavy atom. The van der Waals surface area contributed by atoms with Crippen LogP contribution in [0, 0.1) is 5.92 Å². The van der Waals surface area contributed by atoms with Crippen molar-refractivity contribution in [1.29, 1.82) is 0 Å². The molecule has 3 aromatic rings. The van der Waals surface area contributed by atoms with Crippen LogP contribution in [-0.2, 0) is 25.9 Å². The van der Waals surface area contributed by atoms with Gasteiger partial charge in [-0.2, -0.15) is 0 Å². The molecule has 12 heteroatoms. The maximum Gasteiger partial charge on any atom is 0.272 e. The van der Waals surface area contributed by atoms with Crippen molar-refractivity contribution >= 4 is 40.7 Å². The summed E-state index contributed by atoms with van der Waals surface area (Å²) in [6.07, 6.45) is 7.64. The molecule has 39 heavy (non-hydrogen) atoms. The van der Waals surface area contributed by atoms with Crippen LogP contribution in [0.3, 0.4) is 0 Å². The zero-order valence-electron chi connectivity index (χ0n) is 23.0. The van der Waals surface area contributed by atoms with Crippen molar-refractivity contribution in [2.24, 2.45) is 27.1 Å². The molecule has 0 spiro atoms. The summed E-state index contributed by atoms with van der Waals surface area (Å²) in [7, 11) is 9.14. The minimum atomic E-state index is -0.384. The highest BCUT2D eigenvalue weighted by Gasteiger charge is 2.30. The van der Waals surface area contributed by atoms with Gasteiger partial charge in [0.05, 0.1) is 17.1 Å². The number of amides is 4. The Morgan fingerprint density at radius 1 is 0.744 bits per heavy atom. The van der Waals surface area contributed by atoms with Crippen LogP contribution in [0.25, 0.3) is 0 Å². The second-order valence-corrected chi connectivity index (χ2v) is 10.3. The van der Waals surface area contributed by atoms with Crippen LogP contribution in [0.15, 0.2) is 36.8 Å². The van der Waals surface area contributed by atoms with Gasteiger partial charge in [0.15, 0.2) is 0 Å². The van der Waals surface area contributed by atoms with Crippen LogP contribution in [0.2, 0.25) is 0 Å². The first kappa shape index (κ1) is 27.7. The van der Waals surface area contributed by atoms with Crippen LogP contribution >= 0.6 is 0 Å². The smallest absolute Gasteiger partial charge is 0.272 e. The van der Waals surface area contributed by atoms with Crippen LogP contribution in [0.4, 0.5) is 17.1 Å². The number of aryl methyl sites for hydroxylation is 3. The third-order valence-corrected chi connectivity index (χ3v) is 6.51. The van der Waals surface area contributed by atoms with Gasteiger partial charge in [0.1, 0.15) is 17.1 Å². The third-order valence-electron chi connectivity index (χ3n) is 6.51. The van der Waals surface area contributed by atoms with Gasteiger partial charge in [0, 0.05) is 52.2 Å². The van der Waals surface area contributed by atoms with Gasteiger partial charge in [-0.05, 0) is 58.1 Å². The lowest BCUT2D eigenvalue weighted by Gasteiger charge is -2.10. The average molecular weight is 537 g/mol. The van der Waals surface area contributed by atoms with E-state index in [1.54, 1.807) is 71.6 Å². The van der Waals surface area contributed by atoms with Crippen molar-refractivity contribution in [3.63, 3.8) is 0 Å². The molecular formula is C27H36N8O4. The molecule has 1 aliphatic carbocycles. The quantitative estimate of drug-likeness (QED) is 0.279. The Kier molecular flexibility index (Phi) is 8.24. The van der Waals surface area contributed by atoms with Gasteiger partial charge >= 0.3 is 0 Å². The molecule has 4 amide bonds. The normalized spacial score (nSPS) is 12.9. The SMILES string of the molecule is CN(C)CCCNC(=O)c1cc(NC(=O)c2cc(NC(=O)c3cc(NC(=O)C4CC4)cn3C)cn2C)cn1C. The average Bonchev–Trinajstić information content (AvgIpc) is 3.43. The number of anilines is 3. The fourth-order valence-corrected chi connectivity index (χ4v) is 4.24. The maximum atomic E-state index is 13.0. The molecular weight excluding hydrogens is 500 g/mol. The third kappa shape index (κ3) is 6.96. The van der Waals surface area contributed by atoms with E-state index in [0.717, 1.165) is 25.8 Å². The van der Waals surface area contributed by atoms with E-state index >= 15 is 0 Å². The van der Waals surface area contributed by atoms with E-state index in [0.29, 0.717) is 40.7 Å². The summed E-state index contributed by atoms with van der Waals surface area (Å²) >= 11 is 0. The van der Waals surface area contributed by atoms with Gasteiger partial charge in [-0.15, -0.1) is 0 Å². The Labute approximate surface area is 227 Å². The van der Waals surface area contributed by atoms with E-state index in [9.17, 15) is 19.2 Å². The molecule has 1 aliphatic rings. The Morgan fingerprint density at radius 3 is 1.62 bits per heavy atom. The lowest BCUT2D eigenvalue weighted by atomic mass is 10.3. The lowest BCUT2D eigenvalue weighted by Crippen LogP contribution is -2.28. The van der Waals surface area contributed by atoms with Crippen LogP contribution in [0.5, 0.6) is 0 Å². The van der Waals surface area contributed by atoms with Gasteiger partial charge < -0.3 is 39.9 Å². The summed E-state index contributed by atoms with van der Waals surface area (Å²) in [5.74, 6) is -0.931. The van der Waals surface area contributed by atoms with E-state index in [-0.39, 0.29) is 29.5 Å². The van der Waals surface area contributed by atoms with Crippen LogP contribution < -0.4 is 21.3 Å². The number of aromatic nitrogens is 3. The highest BCUT2D eigenvalue weighted by molar-refractivity contribution is 6.07. The molecule has 0 saturated heterocycles. The molecule has 4 N–H and O–H groups in total. The van der Waals surface area contributed by atoms with Crippen molar-refractivity contribution in [2.75, 3.05) is 43.1 Å². The molecule has 0 radical (unpaired) electrons. The largest absolute Gasteiger partial charge is 0.351 e. The topological polar surface area (TPSA) is 134 Å².